The Morgan fingerprint density at radius 2 is 1.90 bits per heavy atom. The van der Waals surface area contributed by atoms with Crippen LogP contribution < -0.4 is 10.5 Å². The van der Waals surface area contributed by atoms with Crippen molar-refractivity contribution in [3.05, 3.63) is 29.3 Å². The third-order valence-corrected chi connectivity index (χ3v) is 3.39. The van der Waals surface area contributed by atoms with Crippen LogP contribution in [0.1, 0.15) is 44.9 Å². The van der Waals surface area contributed by atoms with Crippen LogP contribution >= 0.6 is 0 Å². The van der Waals surface area contributed by atoms with Crippen molar-refractivity contribution in [1.29, 1.82) is 0 Å². The van der Waals surface area contributed by atoms with Gasteiger partial charge in [-0.15, -0.1) is 0 Å². The SMILES string of the molecule is CCN(CC)C(=O)C(C)Oc1cc(C)ccc1[C@@H](C)N. The van der Waals surface area contributed by atoms with E-state index in [1.54, 1.807) is 11.8 Å². The maximum absolute atomic E-state index is 12.2. The van der Waals surface area contributed by atoms with Gasteiger partial charge in [0.05, 0.1) is 0 Å². The van der Waals surface area contributed by atoms with Crippen LogP contribution in [0.25, 0.3) is 0 Å². The summed E-state index contributed by atoms with van der Waals surface area (Å²) in [5.41, 5.74) is 7.97. The lowest BCUT2D eigenvalue weighted by Gasteiger charge is -2.25. The van der Waals surface area contributed by atoms with Crippen molar-refractivity contribution in [3.63, 3.8) is 0 Å². The molecule has 4 heteroatoms. The Kier molecular flexibility index (Phi) is 6.02. The Morgan fingerprint density at radius 3 is 2.40 bits per heavy atom. The van der Waals surface area contributed by atoms with E-state index >= 15 is 0 Å². The first-order chi connectivity index (χ1) is 9.40. The van der Waals surface area contributed by atoms with E-state index in [9.17, 15) is 4.79 Å². The van der Waals surface area contributed by atoms with Crippen molar-refractivity contribution < 1.29 is 9.53 Å². The molecule has 1 rings (SSSR count). The molecule has 1 aromatic carbocycles. The average molecular weight is 278 g/mol. The van der Waals surface area contributed by atoms with E-state index in [0.717, 1.165) is 11.1 Å². The van der Waals surface area contributed by atoms with Crippen molar-refractivity contribution in [1.82, 2.24) is 4.90 Å². The first-order valence-corrected chi connectivity index (χ1v) is 7.22. The van der Waals surface area contributed by atoms with Crippen molar-refractivity contribution >= 4 is 5.91 Å². The minimum absolute atomic E-state index is 0.00660. The molecule has 2 N–H and O–H groups in total. The molecule has 0 bridgehead atoms. The zero-order valence-electron chi connectivity index (χ0n) is 13.1. The third kappa shape index (κ3) is 3.97. The summed E-state index contributed by atoms with van der Waals surface area (Å²) in [4.78, 5) is 14.0. The predicted octanol–water partition coefficient (Wildman–Crippen LogP) is 2.65. The summed E-state index contributed by atoms with van der Waals surface area (Å²) in [6, 6.07) is 5.78. The van der Waals surface area contributed by atoms with E-state index in [1.807, 2.05) is 45.9 Å². The number of likely N-dealkylation sites (N-methyl/N-ethyl adjacent to an activating group) is 1. The zero-order valence-corrected chi connectivity index (χ0v) is 13.1. The molecule has 0 heterocycles. The number of aryl methyl sites for hydroxylation is 1. The molecule has 4 nitrogen and oxygen atoms in total. The lowest BCUT2D eigenvalue weighted by atomic mass is 10.1. The van der Waals surface area contributed by atoms with Gasteiger partial charge in [-0.3, -0.25) is 4.79 Å². The minimum atomic E-state index is -0.505. The number of rotatable bonds is 6. The van der Waals surface area contributed by atoms with Gasteiger partial charge >= 0.3 is 0 Å². The summed E-state index contributed by atoms with van der Waals surface area (Å²) in [6.07, 6.45) is -0.505. The molecule has 0 aliphatic carbocycles. The van der Waals surface area contributed by atoms with Gasteiger partial charge in [0.1, 0.15) is 5.75 Å². The second-order valence-corrected chi connectivity index (χ2v) is 5.10. The van der Waals surface area contributed by atoms with Crippen LogP contribution in [0.15, 0.2) is 18.2 Å². The normalized spacial score (nSPS) is 13.7. The van der Waals surface area contributed by atoms with Crippen molar-refractivity contribution in [3.8, 4) is 5.75 Å². The predicted molar refractivity (Wildman–Crippen MR) is 81.8 cm³/mol. The Balaban J connectivity index is 2.92. The molecule has 0 aliphatic rings. The Bertz CT molecular complexity index is 454. The first kappa shape index (κ1) is 16.5. The molecule has 0 aromatic heterocycles. The van der Waals surface area contributed by atoms with E-state index in [4.69, 9.17) is 10.5 Å². The molecule has 20 heavy (non-hydrogen) atoms. The summed E-state index contributed by atoms with van der Waals surface area (Å²) in [5.74, 6) is 0.708. The molecule has 0 saturated heterocycles. The highest BCUT2D eigenvalue weighted by atomic mass is 16.5. The Labute approximate surface area is 121 Å². The number of benzene rings is 1. The topological polar surface area (TPSA) is 55.6 Å². The fraction of sp³-hybridized carbons (Fsp3) is 0.562. The zero-order chi connectivity index (χ0) is 15.3. The lowest BCUT2D eigenvalue weighted by Crippen LogP contribution is -2.40. The maximum Gasteiger partial charge on any atom is 0.263 e. The molecular formula is C16H26N2O2. The molecule has 1 amide bonds. The largest absolute Gasteiger partial charge is 0.481 e. The molecule has 1 unspecified atom stereocenters. The van der Waals surface area contributed by atoms with Gasteiger partial charge in [-0.2, -0.15) is 0 Å². The van der Waals surface area contributed by atoms with Gasteiger partial charge in [0.25, 0.3) is 5.91 Å². The van der Waals surface area contributed by atoms with Crippen molar-refractivity contribution in [2.24, 2.45) is 5.73 Å². The molecule has 1 aromatic rings. The van der Waals surface area contributed by atoms with Gasteiger partial charge in [-0.1, -0.05) is 12.1 Å². The van der Waals surface area contributed by atoms with E-state index in [1.165, 1.54) is 0 Å². The van der Waals surface area contributed by atoms with E-state index in [0.29, 0.717) is 18.8 Å². The van der Waals surface area contributed by atoms with Gasteiger partial charge in [0, 0.05) is 24.7 Å². The molecule has 0 spiro atoms. The van der Waals surface area contributed by atoms with E-state index in [2.05, 4.69) is 0 Å². The van der Waals surface area contributed by atoms with Gasteiger partial charge in [-0.05, 0) is 46.2 Å². The van der Waals surface area contributed by atoms with Gasteiger partial charge < -0.3 is 15.4 Å². The van der Waals surface area contributed by atoms with Gasteiger partial charge in [0.2, 0.25) is 0 Å². The lowest BCUT2D eigenvalue weighted by molar-refractivity contribution is -0.137. The molecule has 0 aliphatic heterocycles. The highest BCUT2D eigenvalue weighted by Gasteiger charge is 2.21. The number of carbonyl (C=O) groups is 1. The Morgan fingerprint density at radius 1 is 1.30 bits per heavy atom. The monoisotopic (exact) mass is 278 g/mol. The number of hydrogen-bond donors (Lipinski definition) is 1. The average Bonchev–Trinajstić information content (AvgIpc) is 2.39. The highest BCUT2D eigenvalue weighted by molar-refractivity contribution is 5.80. The quantitative estimate of drug-likeness (QED) is 0.870. The first-order valence-electron chi connectivity index (χ1n) is 7.22. The highest BCUT2D eigenvalue weighted by Crippen LogP contribution is 2.26. The van der Waals surface area contributed by atoms with Crippen LogP contribution in [0, 0.1) is 6.92 Å². The molecule has 2 atom stereocenters. The number of carbonyl (C=O) groups excluding carboxylic acids is 1. The summed E-state index contributed by atoms with van der Waals surface area (Å²) in [6.45, 7) is 11.0. The standard InChI is InChI=1S/C16H26N2O2/c1-6-18(7-2)16(19)13(5)20-15-10-11(3)8-9-14(15)12(4)17/h8-10,12-13H,6-7,17H2,1-5H3/t12-,13?/m1/s1. The van der Waals surface area contributed by atoms with Gasteiger partial charge in [0.15, 0.2) is 6.10 Å². The minimum Gasteiger partial charge on any atom is -0.481 e. The number of hydrogen-bond acceptors (Lipinski definition) is 3. The number of nitrogens with zero attached hydrogens (tertiary/aromatic N) is 1. The fourth-order valence-corrected chi connectivity index (χ4v) is 2.15. The third-order valence-electron chi connectivity index (χ3n) is 3.39. The molecule has 0 saturated carbocycles. The van der Waals surface area contributed by atoms with Crippen LogP contribution in [0.3, 0.4) is 0 Å². The smallest absolute Gasteiger partial charge is 0.263 e. The number of nitrogens with two attached hydrogens (primary N) is 1. The second kappa shape index (κ2) is 7.29. The summed E-state index contributed by atoms with van der Waals surface area (Å²) >= 11 is 0. The van der Waals surface area contributed by atoms with Crippen LogP contribution in [-0.2, 0) is 4.79 Å². The summed E-state index contributed by atoms with van der Waals surface area (Å²) in [7, 11) is 0. The molecule has 0 radical (unpaired) electrons. The van der Waals surface area contributed by atoms with Crippen LogP contribution in [0.5, 0.6) is 5.75 Å². The van der Waals surface area contributed by atoms with E-state index < -0.39 is 6.10 Å². The summed E-state index contributed by atoms with van der Waals surface area (Å²) in [5, 5.41) is 0. The maximum atomic E-state index is 12.2. The summed E-state index contributed by atoms with van der Waals surface area (Å²) < 4.78 is 5.86. The molecule has 112 valence electrons. The molecule has 0 fully saturated rings. The van der Waals surface area contributed by atoms with Crippen LogP contribution in [0.4, 0.5) is 0 Å². The van der Waals surface area contributed by atoms with Crippen LogP contribution in [-0.4, -0.2) is 30.0 Å². The second-order valence-electron chi connectivity index (χ2n) is 5.10. The van der Waals surface area contributed by atoms with Crippen molar-refractivity contribution in [2.45, 2.75) is 46.8 Å². The van der Waals surface area contributed by atoms with Crippen LogP contribution in [0.2, 0.25) is 0 Å². The molecular weight excluding hydrogens is 252 g/mol. The Hall–Kier alpha value is -1.55. The number of ether oxygens (including phenoxy) is 1. The number of amides is 1. The van der Waals surface area contributed by atoms with E-state index in [-0.39, 0.29) is 11.9 Å². The van der Waals surface area contributed by atoms with Crippen molar-refractivity contribution in [2.75, 3.05) is 13.1 Å². The fourth-order valence-electron chi connectivity index (χ4n) is 2.15. The van der Waals surface area contributed by atoms with Gasteiger partial charge in [-0.25, -0.2) is 0 Å².